The van der Waals surface area contributed by atoms with Gasteiger partial charge in [0.1, 0.15) is 0 Å². The summed E-state index contributed by atoms with van der Waals surface area (Å²) in [5, 5.41) is 8.01. The first-order valence-electron chi connectivity index (χ1n) is 9.02. The zero-order chi connectivity index (χ0) is 18.0. The highest BCUT2D eigenvalue weighted by molar-refractivity contribution is 6.12. The summed E-state index contributed by atoms with van der Waals surface area (Å²) >= 11 is 0. The molecule has 1 aliphatic rings. The molecule has 7 heteroatoms. The summed E-state index contributed by atoms with van der Waals surface area (Å²) < 4.78 is 1.88. The van der Waals surface area contributed by atoms with E-state index in [1.165, 1.54) is 6.92 Å². The molecule has 3 rings (SSSR count). The minimum Gasteiger partial charge on any atom is -0.333 e. The maximum Gasteiger partial charge on any atom is 0.258 e. The van der Waals surface area contributed by atoms with Crippen molar-refractivity contribution in [2.45, 2.75) is 59.5 Å². The largest absolute Gasteiger partial charge is 0.333 e. The molecular formula is C18H25N5O2. The Kier molecular flexibility index (Phi) is 5.01. The second-order valence-corrected chi connectivity index (χ2v) is 6.53. The van der Waals surface area contributed by atoms with Crippen LogP contribution in [0.1, 0.15) is 62.5 Å². The van der Waals surface area contributed by atoms with Crippen LogP contribution >= 0.6 is 0 Å². The first-order chi connectivity index (χ1) is 12.1. The molecule has 2 amide bonds. The lowest BCUT2D eigenvalue weighted by molar-refractivity contribution is -0.114. The lowest BCUT2D eigenvalue weighted by Crippen LogP contribution is -2.25. The third-order valence-corrected chi connectivity index (χ3v) is 4.47. The van der Waals surface area contributed by atoms with E-state index in [4.69, 9.17) is 4.98 Å². The minimum atomic E-state index is -0.199. The number of aromatic nitrogens is 3. The highest BCUT2D eigenvalue weighted by atomic mass is 16.2. The molecule has 3 heterocycles. The third kappa shape index (κ3) is 3.23. The van der Waals surface area contributed by atoms with E-state index in [1.54, 1.807) is 11.1 Å². The lowest BCUT2D eigenvalue weighted by atomic mass is 10.1. The van der Waals surface area contributed by atoms with Crippen molar-refractivity contribution in [2.24, 2.45) is 0 Å². The standard InChI is InChI=1S/C18H25N5O2/c1-4-6-7-9-23-17-13(10-19-23)16(20-12(3)24)15-14(21-17)11-22(8-5-2)18(15)25/h10H,4-9,11H2,1-3H3,(H,20,21,24). The smallest absolute Gasteiger partial charge is 0.258 e. The average molecular weight is 343 g/mol. The first kappa shape index (κ1) is 17.4. The molecular weight excluding hydrogens is 318 g/mol. The predicted octanol–water partition coefficient (Wildman–Crippen LogP) is 2.95. The molecule has 0 aromatic carbocycles. The number of nitrogens with zero attached hydrogens (tertiary/aromatic N) is 4. The van der Waals surface area contributed by atoms with Gasteiger partial charge in [-0.2, -0.15) is 5.10 Å². The minimum absolute atomic E-state index is 0.0614. The number of rotatable bonds is 7. The lowest BCUT2D eigenvalue weighted by Gasteiger charge is -2.13. The molecule has 0 aliphatic carbocycles. The number of carbonyl (C=O) groups is 2. The van der Waals surface area contributed by atoms with Crippen molar-refractivity contribution in [3.63, 3.8) is 0 Å². The van der Waals surface area contributed by atoms with Gasteiger partial charge in [-0.15, -0.1) is 0 Å². The quantitative estimate of drug-likeness (QED) is 0.784. The number of unbranched alkanes of at least 4 members (excludes halogenated alkanes) is 2. The van der Waals surface area contributed by atoms with Crippen LogP contribution in [0.15, 0.2) is 6.20 Å². The number of pyridine rings is 1. The van der Waals surface area contributed by atoms with Crippen LogP contribution < -0.4 is 5.32 Å². The Morgan fingerprint density at radius 1 is 1.24 bits per heavy atom. The summed E-state index contributed by atoms with van der Waals surface area (Å²) in [7, 11) is 0. The highest BCUT2D eigenvalue weighted by Gasteiger charge is 2.33. The molecule has 2 aromatic heterocycles. The van der Waals surface area contributed by atoms with Gasteiger partial charge in [-0.3, -0.25) is 9.59 Å². The zero-order valence-corrected chi connectivity index (χ0v) is 15.1. The molecule has 134 valence electrons. The number of nitrogens with one attached hydrogen (secondary N) is 1. The molecule has 0 saturated carbocycles. The van der Waals surface area contributed by atoms with Gasteiger partial charge in [0.25, 0.3) is 5.91 Å². The number of anilines is 1. The zero-order valence-electron chi connectivity index (χ0n) is 15.1. The van der Waals surface area contributed by atoms with Crippen molar-refractivity contribution in [3.8, 4) is 0 Å². The summed E-state index contributed by atoms with van der Waals surface area (Å²) in [5.74, 6) is -0.260. The van der Waals surface area contributed by atoms with E-state index in [9.17, 15) is 9.59 Å². The van der Waals surface area contributed by atoms with Crippen LogP contribution in [-0.4, -0.2) is 38.0 Å². The first-order valence-corrected chi connectivity index (χ1v) is 9.02. The molecule has 1 aliphatic heterocycles. The number of aryl methyl sites for hydroxylation is 1. The summed E-state index contributed by atoms with van der Waals surface area (Å²) in [6, 6.07) is 0. The van der Waals surface area contributed by atoms with E-state index in [-0.39, 0.29) is 11.8 Å². The van der Waals surface area contributed by atoms with Crippen LogP contribution in [0.4, 0.5) is 5.69 Å². The van der Waals surface area contributed by atoms with Gasteiger partial charge in [-0.1, -0.05) is 26.7 Å². The summed E-state index contributed by atoms with van der Waals surface area (Å²) in [6.07, 6.45) is 5.89. The van der Waals surface area contributed by atoms with Crippen LogP contribution in [-0.2, 0) is 17.9 Å². The monoisotopic (exact) mass is 343 g/mol. The Morgan fingerprint density at radius 3 is 2.72 bits per heavy atom. The van der Waals surface area contributed by atoms with E-state index in [0.29, 0.717) is 24.3 Å². The number of amides is 2. The topological polar surface area (TPSA) is 80.1 Å². The molecule has 0 radical (unpaired) electrons. The van der Waals surface area contributed by atoms with Crippen LogP contribution in [0.2, 0.25) is 0 Å². The van der Waals surface area contributed by atoms with Crippen molar-refractivity contribution in [2.75, 3.05) is 11.9 Å². The van der Waals surface area contributed by atoms with Gasteiger partial charge in [0.2, 0.25) is 5.91 Å². The van der Waals surface area contributed by atoms with Crippen molar-refractivity contribution in [1.82, 2.24) is 19.7 Å². The van der Waals surface area contributed by atoms with Gasteiger partial charge < -0.3 is 10.2 Å². The van der Waals surface area contributed by atoms with E-state index in [2.05, 4.69) is 17.3 Å². The molecule has 7 nitrogen and oxygen atoms in total. The molecule has 0 saturated heterocycles. The number of hydrogen-bond donors (Lipinski definition) is 1. The maximum atomic E-state index is 12.8. The summed E-state index contributed by atoms with van der Waals surface area (Å²) in [5.41, 5.74) is 2.54. The molecule has 0 spiro atoms. The van der Waals surface area contributed by atoms with E-state index >= 15 is 0 Å². The molecule has 0 atom stereocenters. The fourth-order valence-electron chi connectivity index (χ4n) is 3.32. The maximum absolute atomic E-state index is 12.8. The number of carbonyl (C=O) groups excluding carboxylic acids is 2. The average Bonchev–Trinajstić information content (AvgIpc) is 3.10. The Balaban J connectivity index is 2.08. The van der Waals surface area contributed by atoms with E-state index in [0.717, 1.165) is 49.0 Å². The normalized spacial score (nSPS) is 13.6. The summed E-state index contributed by atoms with van der Waals surface area (Å²) in [4.78, 5) is 31.0. The van der Waals surface area contributed by atoms with Crippen LogP contribution in [0.3, 0.4) is 0 Å². The van der Waals surface area contributed by atoms with Gasteiger partial charge in [0.05, 0.1) is 35.1 Å². The molecule has 0 unspecified atom stereocenters. The van der Waals surface area contributed by atoms with Gasteiger partial charge in [-0.25, -0.2) is 9.67 Å². The Bertz CT molecular complexity index is 811. The van der Waals surface area contributed by atoms with Gasteiger partial charge in [0.15, 0.2) is 5.65 Å². The molecule has 2 aromatic rings. The van der Waals surface area contributed by atoms with Crippen molar-refractivity contribution < 1.29 is 9.59 Å². The second kappa shape index (κ2) is 7.21. The third-order valence-electron chi connectivity index (χ3n) is 4.47. The highest BCUT2D eigenvalue weighted by Crippen LogP contribution is 2.34. The Labute approximate surface area is 147 Å². The van der Waals surface area contributed by atoms with Crippen molar-refractivity contribution in [3.05, 3.63) is 17.5 Å². The van der Waals surface area contributed by atoms with Gasteiger partial charge in [0, 0.05) is 20.0 Å². The molecule has 25 heavy (non-hydrogen) atoms. The molecule has 1 N–H and O–H groups in total. The molecule has 0 bridgehead atoms. The predicted molar refractivity (Wildman–Crippen MR) is 96.4 cm³/mol. The van der Waals surface area contributed by atoms with Crippen LogP contribution in [0.5, 0.6) is 0 Å². The van der Waals surface area contributed by atoms with Crippen LogP contribution in [0.25, 0.3) is 11.0 Å². The van der Waals surface area contributed by atoms with Gasteiger partial charge >= 0.3 is 0 Å². The Hall–Kier alpha value is -2.44. The number of fused-ring (bicyclic) bond motifs is 2. The fraction of sp³-hybridized carbons (Fsp3) is 0.556. The van der Waals surface area contributed by atoms with E-state index < -0.39 is 0 Å². The SMILES string of the molecule is CCCCCn1ncc2c(NC(C)=O)c3c(nc21)CN(CCC)C3=O. The van der Waals surface area contributed by atoms with Crippen molar-refractivity contribution in [1.29, 1.82) is 0 Å². The molecule has 0 fully saturated rings. The second-order valence-electron chi connectivity index (χ2n) is 6.53. The fourth-order valence-corrected chi connectivity index (χ4v) is 3.32. The van der Waals surface area contributed by atoms with Crippen LogP contribution in [0, 0.1) is 0 Å². The van der Waals surface area contributed by atoms with Crippen molar-refractivity contribution >= 4 is 28.5 Å². The summed E-state index contributed by atoms with van der Waals surface area (Å²) in [6.45, 7) is 7.62. The Morgan fingerprint density at radius 2 is 2.04 bits per heavy atom. The van der Waals surface area contributed by atoms with E-state index in [1.807, 2.05) is 11.6 Å². The number of hydrogen-bond acceptors (Lipinski definition) is 4. The van der Waals surface area contributed by atoms with Gasteiger partial charge in [-0.05, 0) is 12.8 Å².